The summed E-state index contributed by atoms with van der Waals surface area (Å²) >= 11 is 2.95. The Hall–Kier alpha value is -0.710. The van der Waals surface area contributed by atoms with Crippen molar-refractivity contribution in [2.45, 2.75) is 13.0 Å². The largest absolute Gasteiger partial charge is 0.319 e. The molecule has 2 heterocycles. The van der Waals surface area contributed by atoms with Gasteiger partial charge in [0.1, 0.15) is 5.82 Å². The van der Waals surface area contributed by atoms with Gasteiger partial charge in [0.05, 0.1) is 10.9 Å². The van der Waals surface area contributed by atoms with Crippen LogP contribution in [0.4, 0.5) is 4.39 Å². The highest BCUT2D eigenvalue weighted by molar-refractivity contribution is 7.11. The van der Waals surface area contributed by atoms with Crippen molar-refractivity contribution in [1.82, 2.24) is 0 Å². The monoisotopic (exact) mass is 227 g/mol. The molecule has 0 radical (unpaired) electrons. The van der Waals surface area contributed by atoms with Crippen molar-refractivity contribution in [2.75, 3.05) is 0 Å². The quantitative estimate of drug-likeness (QED) is 0.837. The highest BCUT2D eigenvalue weighted by Crippen LogP contribution is 2.31. The van der Waals surface area contributed by atoms with Gasteiger partial charge in [0.15, 0.2) is 0 Å². The minimum atomic E-state index is -0.310. The van der Waals surface area contributed by atoms with E-state index in [1.165, 1.54) is 17.4 Å². The Kier molecular flexibility index (Phi) is 2.67. The number of hydrogen-bond acceptors (Lipinski definition) is 3. The van der Waals surface area contributed by atoms with Crippen molar-refractivity contribution >= 4 is 22.7 Å². The maximum absolute atomic E-state index is 13.3. The molecule has 0 aliphatic carbocycles. The average Bonchev–Trinajstić information content (AvgIpc) is 2.73. The summed E-state index contributed by atoms with van der Waals surface area (Å²) < 4.78 is 13.3. The van der Waals surface area contributed by atoms with E-state index in [0.717, 1.165) is 10.4 Å². The first kappa shape index (κ1) is 9.83. The molecule has 0 fully saturated rings. The maximum Gasteiger partial charge on any atom is 0.139 e. The van der Waals surface area contributed by atoms with E-state index in [-0.39, 0.29) is 11.9 Å². The van der Waals surface area contributed by atoms with Gasteiger partial charge in [-0.3, -0.25) is 0 Å². The van der Waals surface area contributed by atoms with E-state index < -0.39 is 0 Å². The van der Waals surface area contributed by atoms with E-state index in [9.17, 15) is 4.39 Å². The van der Waals surface area contributed by atoms with Crippen LogP contribution in [0, 0.1) is 12.7 Å². The minimum Gasteiger partial charge on any atom is -0.319 e. The number of aryl methyl sites for hydroxylation is 1. The predicted octanol–water partition coefficient (Wildman–Crippen LogP) is 3.31. The van der Waals surface area contributed by atoms with Crippen LogP contribution >= 0.6 is 22.7 Å². The Balaban J connectivity index is 2.38. The third-order valence-electron chi connectivity index (χ3n) is 2.11. The van der Waals surface area contributed by atoms with E-state index in [1.54, 1.807) is 16.7 Å². The zero-order chi connectivity index (χ0) is 10.1. The van der Waals surface area contributed by atoms with Gasteiger partial charge in [-0.1, -0.05) is 0 Å². The second-order valence-electron chi connectivity index (χ2n) is 3.08. The molecule has 0 aliphatic rings. The van der Waals surface area contributed by atoms with E-state index in [0.29, 0.717) is 4.88 Å². The lowest BCUT2D eigenvalue weighted by Gasteiger charge is -2.08. The predicted molar refractivity (Wildman–Crippen MR) is 59.4 cm³/mol. The van der Waals surface area contributed by atoms with E-state index >= 15 is 0 Å². The molecule has 2 aromatic heterocycles. The van der Waals surface area contributed by atoms with Crippen LogP contribution in [0.5, 0.6) is 0 Å². The van der Waals surface area contributed by atoms with E-state index in [1.807, 2.05) is 18.4 Å². The molecular formula is C10H10FNS2. The molecule has 4 heteroatoms. The molecule has 2 N–H and O–H groups in total. The van der Waals surface area contributed by atoms with E-state index in [2.05, 4.69) is 0 Å². The van der Waals surface area contributed by atoms with Gasteiger partial charge in [-0.15, -0.1) is 22.7 Å². The van der Waals surface area contributed by atoms with Crippen molar-refractivity contribution in [1.29, 1.82) is 0 Å². The van der Waals surface area contributed by atoms with Crippen LogP contribution in [-0.4, -0.2) is 0 Å². The van der Waals surface area contributed by atoms with Crippen molar-refractivity contribution in [3.63, 3.8) is 0 Å². The van der Waals surface area contributed by atoms with Gasteiger partial charge in [0.25, 0.3) is 0 Å². The molecule has 0 aromatic carbocycles. The molecule has 0 aliphatic heterocycles. The fourth-order valence-electron chi connectivity index (χ4n) is 1.35. The molecule has 2 aromatic rings. The fourth-order valence-corrected chi connectivity index (χ4v) is 3.14. The third-order valence-corrected chi connectivity index (χ3v) is 4.19. The SMILES string of the molecule is Cc1ccsc1C(N)c1sccc1F. The maximum atomic E-state index is 13.3. The van der Waals surface area contributed by atoms with Crippen LogP contribution in [0.1, 0.15) is 21.4 Å². The summed E-state index contributed by atoms with van der Waals surface area (Å²) in [6, 6.07) is 3.16. The smallest absolute Gasteiger partial charge is 0.139 e. The fraction of sp³-hybridized carbons (Fsp3) is 0.200. The van der Waals surface area contributed by atoms with Crippen LogP contribution in [0.25, 0.3) is 0 Å². The van der Waals surface area contributed by atoms with Crippen LogP contribution < -0.4 is 5.73 Å². The minimum absolute atomic E-state index is 0.199. The number of hydrogen-bond donors (Lipinski definition) is 1. The number of thiophene rings is 2. The lowest BCUT2D eigenvalue weighted by Crippen LogP contribution is -2.10. The molecule has 0 saturated heterocycles. The summed E-state index contributed by atoms with van der Waals surface area (Å²) in [6.07, 6.45) is 0. The molecule has 1 atom stereocenters. The van der Waals surface area contributed by atoms with Gasteiger partial charge in [-0.25, -0.2) is 4.39 Å². The summed E-state index contributed by atoms with van der Waals surface area (Å²) in [5.74, 6) is -0.199. The number of rotatable bonds is 2. The topological polar surface area (TPSA) is 26.0 Å². The molecule has 0 saturated carbocycles. The van der Waals surface area contributed by atoms with Crippen molar-refractivity contribution in [2.24, 2.45) is 5.73 Å². The lowest BCUT2D eigenvalue weighted by atomic mass is 10.1. The normalized spacial score (nSPS) is 13.1. The first-order chi connectivity index (χ1) is 6.70. The molecule has 14 heavy (non-hydrogen) atoms. The van der Waals surface area contributed by atoms with Gasteiger partial charge in [-0.2, -0.15) is 0 Å². The van der Waals surface area contributed by atoms with Crippen molar-refractivity contribution in [3.8, 4) is 0 Å². The summed E-state index contributed by atoms with van der Waals surface area (Å²) in [5.41, 5.74) is 7.12. The van der Waals surface area contributed by atoms with Crippen LogP contribution in [0.3, 0.4) is 0 Å². The third kappa shape index (κ3) is 1.61. The van der Waals surface area contributed by atoms with Crippen molar-refractivity contribution in [3.05, 3.63) is 44.0 Å². The van der Waals surface area contributed by atoms with Crippen LogP contribution in [0.2, 0.25) is 0 Å². The van der Waals surface area contributed by atoms with Crippen LogP contribution in [0.15, 0.2) is 22.9 Å². The zero-order valence-electron chi connectivity index (χ0n) is 7.66. The Morgan fingerprint density at radius 3 is 2.36 bits per heavy atom. The van der Waals surface area contributed by atoms with Crippen LogP contribution in [-0.2, 0) is 0 Å². The Morgan fingerprint density at radius 2 is 1.86 bits per heavy atom. The van der Waals surface area contributed by atoms with Gasteiger partial charge in [0, 0.05) is 4.88 Å². The summed E-state index contributed by atoms with van der Waals surface area (Å²) in [6.45, 7) is 2.00. The second-order valence-corrected chi connectivity index (χ2v) is 4.97. The molecule has 1 unspecified atom stereocenters. The van der Waals surface area contributed by atoms with Gasteiger partial charge in [0.2, 0.25) is 0 Å². The molecule has 2 rings (SSSR count). The average molecular weight is 227 g/mol. The molecular weight excluding hydrogens is 217 g/mol. The highest BCUT2D eigenvalue weighted by Gasteiger charge is 2.17. The molecule has 1 nitrogen and oxygen atoms in total. The van der Waals surface area contributed by atoms with Gasteiger partial charge < -0.3 is 5.73 Å². The highest BCUT2D eigenvalue weighted by atomic mass is 32.1. The van der Waals surface area contributed by atoms with E-state index in [4.69, 9.17) is 5.73 Å². The lowest BCUT2D eigenvalue weighted by molar-refractivity contribution is 0.610. The second kappa shape index (κ2) is 3.81. The first-order valence-electron chi connectivity index (χ1n) is 4.22. The standard InChI is InChI=1S/C10H10FNS2/c1-6-2-4-13-9(6)8(12)10-7(11)3-5-14-10/h2-5,8H,12H2,1H3. The number of nitrogens with two attached hydrogens (primary N) is 1. The zero-order valence-corrected chi connectivity index (χ0v) is 9.29. The molecule has 74 valence electrons. The summed E-state index contributed by atoms with van der Waals surface area (Å²) in [4.78, 5) is 1.67. The molecule has 0 bridgehead atoms. The van der Waals surface area contributed by atoms with Gasteiger partial charge >= 0.3 is 0 Å². The Labute approximate surface area is 90.0 Å². The number of halogens is 1. The summed E-state index contributed by atoms with van der Waals surface area (Å²) in [7, 11) is 0. The Bertz CT molecular complexity index is 393. The van der Waals surface area contributed by atoms with Crippen molar-refractivity contribution < 1.29 is 4.39 Å². The summed E-state index contributed by atoms with van der Waals surface area (Å²) in [5, 5.41) is 3.71. The molecule has 0 amide bonds. The van der Waals surface area contributed by atoms with Gasteiger partial charge in [-0.05, 0) is 35.4 Å². The molecule has 0 spiro atoms. The Morgan fingerprint density at radius 1 is 1.21 bits per heavy atom. The first-order valence-corrected chi connectivity index (χ1v) is 5.98.